The normalized spacial score (nSPS) is 13.2. The van der Waals surface area contributed by atoms with E-state index in [1.54, 1.807) is 11.3 Å². The van der Waals surface area contributed by atoms with Gasteiger partial charge in [0.1, 0.15) is 0 Å². The third-order valence-corrected chi connectivity index (χ3v) is 15.7. The topological polar surface area (TPSA) is 17.3 Å². The second-order valence-electron chi connectivity index (χ2n) is 7.17. The van der Waals surface area contributed by atoms with Crippen molar-refractivity contribution in [3.05, 3.63) is 114 Å². The quantitative estimate of drug-likeness (QED) is 0.294. The zero-order valence-electron chi connectivity index (χ0n) is 15.7. The molecule has 0 saturated heterocycles. The van der Waals surface area contributed by atoms with Crippen molar-refractivity contribution in [2.24, 2.45) is 0 Å². The van der Waals surface area contributed by atoms with Crippen LogP contribution in [-0.2, 0) is 6.16 Å². The summed E-state index contributed by atoms with van der Waals surface area (Å²) in [5.74, 6) is 0. The van der Waals surface area contributed by atoms with Crippen LogP contribution in [0.15, 0.2) is 109 Å². The summed E-state index contributed by atoms with van der Waals surface area (Å²) >= 11 is 6.16. The Kier molecular flexibility index (Phi) is 4.66. The van der Waals surface area contributed by atoms with Gasteiger partial charge >= 0.3 is 183 Å². The number of aromatic nitrogens is 2. The number of rotatable bonds is 5. The fraction of sp³-hybridized carbons (Fsp3) is 0.0417. The molecule has 3 aromatic carbocycles. The molecule has 0 bridgehead atoms. The number of thiazole rings is 1. The molecule has 29 heavy (non-hydrogen) atoms. The molecule has 0 aliphatic rings. The van der Waals surface area contributed by atoms with Crippen molar-refractivity contribution in [1.82, 2.24) is 9.38 Å². The van der Waals surface area contributed by atoms with Crippen LogP contribution in [0.25, 0.3) is 4.96 Å². The second kappa shape index (κ2) is 7.21. The van der Waals surface area contributed by atoms with Gasteiger partial charge in [-0.1, -0.05) is 0 Å². The molecule has 0 aliphatic heterocycles. The zero-order valence-corrected chi connectivity index (χ0v) is 19.0. The molecule has 0 unspecified atom stereocenters. The average molecular weight is 479 g/mol. The number of hydrogen-bond donors (Lipinski definition) is 0. The van der Waals surface area contributed by atoms with E-state index in [0.717, 1.165) is 16.8 Å². The standard InChI is InChI=1S/C24H20BrN2PS/c25-28(21-10-4-1-5-11-21,22-12-6-2-7-13-22,23-14-8-3-9-15-23)19-20-18-27-16-17-29-24(27)26-20/h1-18H,19H2. The summed E-state index contributed by atoms with van der Waals surface area (Å²) in [6.45, 7) is 0. The number of hydrogen-bond acceptors (Lipinski definition) is 2. The van der Waals surface area contributed by atoms with Crippen LogP contribution in [0.5, 0.6) is 0 Å². The third kappa shape index (κ3) is 2.98. The van der Waals surface area contributed by atoms with Crippen molar-refractivity contribution in [1.29, 1.82) is 0 Å². The maximum absolute atomic E-state index is 4.96. The monoisotopic (exact) mass is 478 g/mol. The first-order valence-electron chi connectivity index (χ1n) is 9.49. The predicted molar refractivity (Wildman–Crippen MR) is 131 cm³/mol. The summed E-state index contributed by atoms with van der Waals surface area (Å²) in [5, 5.41) is 3.04. The molecule has 0 N–H and O–H groups in total. The maximum atomic E-state index is 4.96. The van der Waals surface area contributed by atoms with Gasteiger partial charge in [-0.3, -0.25) is 0 Å². The summed E-state index contributed by atoms with van der Waals surface area (Å²) < 4.78 is 2.12. The summed E-state index contributed by atoms with van der Waals surface area (Å²) in [5.41, 5.74) is 1.10. The predicted octanol–water partition coefficient (Wildman–Crippen LogP) is 5.74. The van der Waals surface area contributed by atoms with Crippen molar-refractivity contribution in [3.63, 3.8) is 0 Å². The van der Waals surface area contributed by atoms with Gasteiger partial charge in [0.15, 0.2) is 0 Å². The Labute approximate surface area is 182 Å². The van der Waals surface area contributed by atoms with Gasteiger partial charge < -0.3 is 0 Å². The molecule has 0 spiro atoms. The van der Waals surface area contributed by atoms with Gasteiger partial charge in [-0.05, 0) is 0 Å². The molecular weight excluding hydrogens is 459 g/mol. The molecular formula is C24H20BrN2PS. The van der Waals surface area contributed by atoms with Crippen LogP contribution in [0.1, 0.15) is 5.69 Å². The minimum absolute atomic E-state index is 0.817. The van der Waals surface area contributed by atoms with Crippen LogP contribution in [0, 0.1) is 0 Å². The van der Waals surface area contributed by atoms with Gasteiger partial charge in [-0.25, -0.2) is 0 Å². The first-order valence-corrected chi connectivity index (χ1v) is 14.8. The van der Waals surface area contributed by atoms with E-state index in [1.165, 1.54) is 15.9 Å². The van der Waals surface area contributed by atoms with Gasteiger partial charge in [0.2, 0.25) is 0 Å². The molecule has 144 valence electrons. The molecule has 0 radical (unpaired) electrons. The van der Waals surface area contributed by atoms with Gasteiger partial charge in [0.25, 0.3) is 0 Å². The molecule has 0 saturated carbocycles. The van der Waals surface area contributed by atoms with E-state index in [0.29, 0.717) is 0 Å². The fourth-order valence-corrected chi connectivity index (χ4v) is 12.3. The van der Waals surface area contributed by atoms with Gasteiger partial charge in [-0.15, -0.1) is 0 Å². The molecule has 2 aromatic heterocycles. The van der Waals surface area contributed by atoms with Crippen LogP contribution in [-0.4, -0.2) is 9.38 Å². The molecule has 2 heterocycles. The Bertz CT molecular complexity index is 1120. The van der Waals surface area contributed by atoms with Crippen molar-refractivity contribution in [2.45, 2.75) is 6.16 Å². The van der Waals surface area contributed by atoms with Crippen LogP contribution in [0.3, 0.4) is 0 Å². The summed E-state index contributed by atoms with van der Waals surface area (Å²) in [6, 6.07) is 32.6. The van der Waals surface area contributed by atoms with Crippen molar-refractivity contribution < 1.29 is 0 Å². The van der Waals surface area contributed by atoms with Gasteiger partial charge in [-0.2, -0.15) is 0 Å². The van der Waals surface area contributed by atoms with E-state index >= 15 is 0 Å². The van der Waals surface area contributed by atoms with Crippen LogP contribution in [0.2, 0.25) is 0 Å². The molecule has 0 aliphatic carbocycles. The molecule has 5 aromatic rings. The number of fused-ring (bicyclic) bond motifs is 1. The van der Waals surface area contributed by atoms with Crippen molar-refractivity contribution in [2.75, 3.05) is 0 Å². The van der Waals surface area contributed by atoms with E-state index in [2.05, 4.69) is 129 Å². The van der Waals surface area contributed by atoms with Gasteiger partial charge in [0, 0.05) is 0 Å². The third-order valence-electron chi connectivity index (χ3n) is 5.49. The van der Waals surface area contributed by atoms with Crippen molar-refractivity contribution >= 4 is 53.0 Å². The number of benzene rings is 3. The average Bonchev–Trinajstić information content (AvgIpc) is 3.37. The molecule has 0 amide bonds. The van der Waals surface area contributed by atoms with Crippen LogP contribution in [0.4, 0.5) is 0 Å². The Balaban J connectivity index is 1.85. The number of nitrogens with zero attached hydrogens (tertiary/aromatic N) is 2. The SMILES string of the molecule is BrP(Cc1cn2ccsc2n1)(c1ccccc1)(c1ccccc1)c1ccccc1. The Morgan fingerprint density at radius 3 is 1.69 bits per heavy atom. The van der Waals surface area contributed by atoms with Crippen LogP contribution >= 0.6 is 32.1 Å². The number of halogens is 1. The molecule has 0 atom stereocenters. The Morgan fingerprint density at radius 2 is 1.24 bits per heavy atom. The van der Waals surface area contributed by atoms with Gasteiger partial charge in [0.05, 0.1) is 0 Å². The second-order valence-corrected chi connectivity index (χ2v) is 17.0. The minimum atomic E-state index is -2.98. The zero-order chi connectivity index (χ0) is 19.8. The van der Waals surface area contributed by atoms with E-state index in [1.807, 2.05) is 0 Å². The van der Waals surface area contributed by atoms with Crippen LogP contribution < -0.4 is 15.9 Å². The number of imidazole rings is 1. The summed E-state index contributed by atoms with van der Waals surface area (Å²) in [7, 11) is 0. The fourth-order valence-electron chi connectivity index (χ4n) is 4.09. The Morgan fingerprint density at radius 1 is 0.759 bits per heavy atom. The van der Waals surface area contributed by atoms with E-state index in [4.69, 9.17) is 4.98 Å². The summed E-state index contributed by atoms with van der Waals surface area (Å²) in [6.07, 6.45) is 5.06. The van der Waals surface area contributed by atoms with E-state index < -0.39 is 5.31 Å². The van der Waals surface area contributed by atoms with Crippen molar-refractivity contribution in [3.8, 4) is 0 Å². The summed E-state index contributed by atoms with van der Waals surface area (Å²) in [4.78, 5) is 6.00. The molecule has 5 rings (SSSR count). The van der Waals surface area contributed by atoms with E-state index in [9.17, 15) is 0 Å². The molecule has 2 nitrogen and oxygen atoms in total. The Hall–Kier alpha value is -2.26. The van der Waals surface area contributed by atoms with E-state index in [-0.39, 0.29) is 0 Å². The molecule has 5 heteroatoms. The first kappa shape index (κ1) is 18.7. The first-order chi connectivity index (χ1) is 14.2. The molecule has 0 fully saturated rings.